The summed E-state index contributed by atoms with van der Waals surface area (Å²) >= 11 is 0. The zero-order chi connectivity index (χ0) is 14.8. The number of fused-ring (bicyclic) bond motifs is 1. The number of hydrogen-bond donors (Lipinski definition) is 1. The van der Waals surface area contributed by atoms with Crippen molar-refractivity contribution in [3.05, 3.63) is 53.8 Å². The van der Waals surface area contributed by atoms with Gasteiger partial charge in [0, 0.05) is 18.6 Å². The van der Waals surface area contributed by atoms with Crippen LogP contribution in [0.4, 0.5) is 4.39 Å². The minimum absolute atomic E-state index is 0.135. The number of rotatable bonds is 5. The van der Waals surface area contributed by atoms with Gasteiger partial charge < -0.3 is 9.73 Å². The number of furan rings is 1. The molecule has 2 heterocycles. The quantitative estimate of drug-likeness (QED) is 0.782. The zero-order valence-electron chi connectivity index (χ0n) is 12.1. The smallest absolute Gasteiger partial charge is 0.169 e. The van der Waals surface area contributed by atoms with Gasteiger partial charge in [0.1, 0.15) is 11.8 Å². The van der Waals surface area contributed by atoms with Crippen molar-refractivity contribution in [1.29, 1.82) is 0 Å². The Kier molecular flexibility index (Phi) is 3.75. The fourth-order valence-electron chi connectivity index (χ4n) is 2.50. The maximum atomic E-state index is 13.8. The molecule has 0 spiro atoms. The van der Waals surface area contributed by atoms with Crippen LogP contribution in [0.25, 0.3) is 11.0 Å². The van der Waals surface area contributed by atoms with Crippen molar-refractivity contribution in [2.75, 3.05) is 6.54 Å². The Bertz CT molecular complexity index is 747. The molecule has 0 bridgehead atoms. The van der Waals surface area contributed by atoms with Gasteiger partial charge in [0.15, 0.2) is 11.4 Å². The Morgan fingerprint density at radius 1 is 1.38 bits per heavy atom. The van der Waals surface area contributed by atoms with E-state index >= 15 is 0 Å². The second kappa shape index (κ2) is 5.69. The molecule has 3 rings (SSSR count). The molecule has 110 valence electrons. The molecule has 21 heavy (non-hydrogen) atoms. The van der Waals surface area contributed by atoms with Crippen LogP contribution in [-0.2, 0) is 7.05 Å². The number of benzene rings is 1. The van der Waals surface area contributed by atoms with Gasteiger partial charge >= 0.3 is 0 Å². The maximum Gasteiger partial charge on any atom is 0.169 e. The molecule has 0 aliphatic heterocycles. The fourth-order valence-corrected chi connectivity index (χ4v) is 2.50. The molecule has 0 aliphatic rings. The molecule has 1 aromatic carbocycles. The third kappa shape index (κ3) is 2.56. The minimum atomic E-state index is -0.335. The van der Waals surface area contributed by atoms with Crippen molar-refractivity contribution in [1.82, 2.24) is 15.1 Å². The summed E-state index contributed by atoms with van der Waals surface area (Å²) in [5.41, 5.74) is 1.29. The standard InChI is InChI=1S/C16H18FN3O/c1-3-8-18-15(13-7-9-19-20(13)2)14-10-11-5-4-6-12(17)16(11)21-14/h4-7,9-10,15,18H,3,8H2,1-2H3. The van der Waals surface area contributed by atoms with E-state index in [4.69, 9.17) is 4.42 Å². The normalized spacial score (nSPS) is 12.9. The molecule has 4 nitrogen and oxygen atoms in total. The van der Waals surface area contributed by atoms with Gasteiger partial charge in [0.25, 0.3) is 0 Å². The predicted molar refractivity (Wildman–Crippen MR) is 79.5 cm³/mol. The van der Waals surface area contributed by atoms with Crippen molar-refractivity contribution in [3.8, 4) is 0 Å². The highest BCUT2D eigenvalue weighted by molar-refractivity contribution is 5.78. The summed E-state index contributed by atoms with van der Waals surface area (Å²) in [6.45, 7) is 2.95. The highest BCUT2D eigenvalue weighted by Gasteiger charge is 2.21. The van der Waals surface area contributed by atoms with Gasteiger partial charge in [-0.2, -0.15) is 5.10 Å². The van der Waals surface area contributed by atoms with Crippen LogP contribution < -0.4 is 5.32 Å². The summed E-state index contributed by atoms with van der Waals surface area (Å²) < 4.78 is 21.4. The van der Waals surface area contributed by atoms with Gasteiger partial charge in [-0.1, -0.05) is 19.1 Å². The molecular formula is C16H18FN3O. The van der Waals surface area contributed by atoms with Gasteiger partial charge in [-0.25, -0.2) is 4.39 Å². The van der Waals surface area contributed by atoms with Crippen molar-refractivity contribution in [2.45, 2.75) is 19.4 Å². The number of hydrogen-bond acceptors (Lipinski definition) is 3. The van der Waals surface area contributed by atoms with Gasteiger partial charge in [-0.05, 0) is 31.2 Å². The van der Waals surface area contributed by atoms with Crippen LogP contribution in [0.2, 0.25) is 0 Å². The van der Waals surface area contributed by atoms with Crippen molar-refractivity contribution in [3.63, 3.8) is 0 Å². The molecule has 1 unspecified atom stereocenters. The molecule has 0 saturated carbocycles. The second-order valence-corrected chi connectivity index (χ2v) is 5.07. The Morgan fingerprint density at radius 2 is 2.24 bits per heavy atom. The summed E-state index contributed by atoms with van der Waals surface area (Å²) in [6.07, 6.45) is 2.75. The van der Waals surface area contributed by atoms with Crippen molar-refractivity contribution < 1.29 is 8.81 Å². The summed E-state index contributed by atoms with van der Waals surface area (Å²) in [6, 6.07) is 8.65. The molecule has 1 atom stereocenters. The molecule has 5 heteroatoms. The summed E-state index contributed by atoms with van der Waals surface area (Å²) in [5.74, 6) is 0.366. The third-order valence-electron chi connectivity index (χ3n) is 3.55. The molecule has 0 aliphatic carbocycles. The Hall–Kier alpha value is -2.14. The van der Waals surface area contributed by atoms with E-state index in [1.54, 1.807) is 16.9 Å². The second-order valence-electron chi connectivity index (χ2n) is 5.07. The Balaban J connectivity index is 2.05. The highest BCUT2D eigenvalue weighted by Crippen LogP contribution is 2.29. The van der Waals surface area contributed by atoms with Gasteiger partial charge in [0.2, 0.25) is 0 Å². The van der Waals surface area contributed by atoms with Crippen LogP contribution in [-0.4, -0.2) is 16.3 Å². The predicted octanol–water partition coefficient (Wildman–Crippen LogP) is 3.39. The first kappa shape index (κ1) is 13.8. The van der Waals surface area contributed by atoms with E-state index in [0.717, 1.165) is 24.0 Å². The van der Waals surface area contributed by atoms with Crippen molar-refractivity contribution >= 4 is 11.0 Å². The van der Waals surface area contributed by atoms with Gasteiger partial charge in [0.05, 0.1) is 5.69 Å². The summed E-state index contributed by atoms with van der Waals surface area (Å²) in [5, 5.41) is 8.41. The topological polar surface area (TPSA) is 43.0 Å². The molecule has 0 amide bonds. The first-order chi connectivity index (χ1) is 10.2. The molecule has 2 aromatic heterocycles. The van der Waals surface area contributed by atoms with E-state index in [2.05, 4.69) is 17.3 Å². The minimum Gasteiger partial charge on any atom is -0.456 e. The van der Waals surface area contributed by atoms with Crippen LogP contribution in [0.1, 0.15) is 30.8 Å². The number of nitrogens with one attached hydrogen (secondary N) is 1. The van der Waals surface area contributed by atoms with Crippen molar-refractivity contribution in [2.24, 2.45) is 7.05 Å². The lowest BCUT2D eigenvalue weighted by atomic mass is 10.1. The summed E-state index contributed by atoms with van der Waals surface area (Å²) in [4.78, 5) is 0. The highest BCUT2D eigenvalue weighted by atomic mass is 19.1. The average molecular weight is 287 g/mol. The van der Waals surface area contributed by atoms with Gasteiger partial charge in [-0.3, -0.25) is 4.68 Å². The van der Waals surface area contributed by atoms with E-state index in [9.17, 15) is 4.39 Å². The number of aromatic nitrogens is 2. The largest absolute Gasteiger partial charge is 0.456 e. The summed E-state index contributed by atoms with van der Waals surface area (Å²) in [7, 11) is 1.89. The molecule has 1 N–H and O–H groups in total. The van der Waals surface area contributed by atoms with E-state index in [1.807, 2.05) is 25.2 Å². The van der Waals surface area contributed by atoms with E-state index in [0.29, 0.717) is 11.3 Å². The van der Waals surface area contributed by atoms with E-state index < -0.39 is 0 Å². The lowest BCUT2D eigenvalue weighted by molar-refractivity contribution is 0.443. The molecular weight excluding hydrogens is 269 g/mol. The third-order valence-corrected chi connectivity index (χ3v) is 3.55. The number of para-hydroxylation sites is 1. The monoisotopic (exact) mass is 287 g/mol. The van der Waals surface area contributed by atoms with E-state index in [1.165, 1.54) is 6.07 Å². The van der Waals surface area contributed by atoms with Crippen LogP contribution in [0.15, 0.2) is 40.9 Å². The zero-order valence-corrected chi connectivity index (χ0v) is 12.1. The SMILES string of the molecule is CCCNC(c1cc2cccc(F)c2o1)c1ccnn1C. The fraction of sp³-hybridized carbons (Fsp3) is 0.312. The van der Waals surface area contributed by atoms with Crippen LogP contribution in [0.5, 0.6) is 0 Å². The molecule has 0 radical (unpaired) electrons. The number of halogens is 1. The Morgan fingerprint density at radius 3 is 2.90 bits per heavy atom. The average Bonchev–Trinajstić information content (AvgIpc) is 3.07. The van der Waals surface area contributed by atoms with Gasteiger partial charge in [-0.15, -0.1) is 0 Å². The van der Waals surface area contributed by atoms with Crippen LogP contribution in [0.3, 0.4) is 0 Å². The molecule has 0 fully saturated rings. The first-order valence-electron chi connectivity index (χ1n) is 7.10. The lowest BCUT2D eigenvalue weighted by Gasteiger charge is -2.16. The molecule has 3 aromatic rings. The van der Waals surface area contributed by atoms with Crippen LogP contribution >= 0.6 is 0 Å². The maximum absolute atomic E-state index is 13.8. The number of aryl methyl sites for hydroxylation is 1. The number of nitrogens with zero attached hydrogens (tertiary/aromatic N) is 2. The van der Waals surface area contributed by atoms with E-state index in [-0.39, 0.29) is 11.9 Å². The Labute approximate surface area is 122 Å². The van der Waals surface area contributed by atoms with Crippen LogP contribution in [0, 0.1) is 5.82 Å². The molecule has 0 saturated heterocycles. The lowest BCUT2D eigenvalue weighted by Crippen LogP contribution is -2.24. The first-order valence-corrected chi connectivity index (χ1v) is 7.10.